The molecule has 11 heteroatoms. The van der Waals surface area contributed by atoms with Crippen molar-refractivity contribution in [3.05, 3.63) is 40.8 Å². The molecule has 1 aromatic heterocycles. The van der Waals surface area contributed by atoms with Crippen molar-refractivity contribution in [3.8, 4) is 5.75 Å². The lowest BCUT2D eigenvalue weighted by Gasteiger charge is -2.43. The van der Waals surface area contributed by atoms with Crippen LogP contribution in [-0.4, -0.2) is 77.5 Å². The van der Waals surface area contributed by atoms with E-state index in [0.717, 1.165) is 41.8 Å². The second-order valence-electron chi connectivity index (χ2n) is 9.00. The molecule has 3 aliphatic heterocycles. The van der Waals surface area contributed by atoms with Crippen LogP contribution >= 0.6 is 11.3 Å². The molecule has 0 saturated carbocycles. The third-order valence-corrected chi connectivity index (χ3v) is 9.53. The summed E-state index contributed by atoms with van der Waals surface area (Å²) in [5.41, 5.74) is -0.487. The smallest absolute Gasteiger partial charge is 0.247 e. The predicted molar refractivity (Wildman–Crippen MR) is 122 cm³/mol. The largest absolute Gasteiger partial charge is 0.492 e. The fourth-order valence-electron chi connectivity index (χ4n) is 5.00. The molecule has 0 unspecified atom stereocenters. The molecule has 4 heterocycles. The SMILES string of the molecule is O=C1NC2(CCOc3ccccc3S(=O)(=O)N3C[C@H](O)C[C@@H]13)CCN(Cc1nccs1)CC2. The molecule has 2 fully saturated rings. The number of nitrogens with zero attached hydrogens (tertiary/aromatic N) is 3. The number of para-hydroxylation sites is 1. The first kappa shape index (κ1) is 22.7. The molecule has 0 bridgehead atoms. The lowest BCUT2D eigenvalue weighted by atomic mass is 9.84. The minimum atomic E-state index is -4.01. The summed E-state index contributed by atoms with van der Waals surface area (Å²) in [7, 11) is -4.01. The number of benzene rings is 1. The van der Waals surface area contributed by atoms with E-state index in [1.54, 1.807) is 35.7 Å². The quantitative estimate of drug-likeness (QED) is 0.648. The Bertz CT molecular complexity index is 1100. The van der Waals surface area contributed by atoms with Gasteiger partial charge in [0.15, 0.2) is 0 Å². The van der Waals surface area contributed by atoms with Gasteiger partial charge in [0.2, 0.25) is 15.9 Å². The van der Waals surface area contributed by atoms with Gasteiger partial charge in [-0.15, -0.1) is 11.3 Å². The van der Waals surface area contributed by atoms with Crippen molar-refractivity contribution >= 4 is 27.3 Å². The number of likely N-dealkylation sites (tertiary alicyclic amines) is 1. The fourth-order valence-corrected chi connectivity index (χ4v) is 7.42. The molecule has 1 aromatic carbocycles. The maximum Gasteiger partial charge on any atom is 0.247 e. The maximum atomic E-state index is 13.4. The molecule has 0 radical (unpaired) electrons. The molecule has 5 rings (SSSR count). The molecule has 2 N–H and O–H groups in total. The van der Waals surface area contributed by atoms with Gasteiger partial charge in [0.05, 0.1) is 19.3 Å². The first-order chi connectivity index (χ1) is 15.9. The molecule has 178 valence electrons. The average Bonchev–Trinajstić information content (AvgIpc) is 3.45. The average molecular weight is 493 g/mol. The van der Waals surface area contributed by atoms with Crippen molar-refractivity contribution < 1.29 is 23.1 Å². The predicted octanol–water partition coefficient (Wildman–Crippen LogP) is 1.20. The molecule has 2 saturated heterocycles. The summed E-state index contributed by atoms with van der Waals surface area (Å²) < 4.78 is 34.0. The number of fused-ring (bicyclic) bond motifs is 2. The molecule has 1 amide bonds. The molecule has 2 aromatic rings. The molecule has 9 nitrogen and oxygen atoms in total. The van der Waals surface area contributed by atoms with Gasteiger partial charge in [0.1, 0.15) is 21.7 Å². The normalized spacial score (nSPS) is 27.7. The third kappa shape index (κ3) is 4.52. The van der Waals surface area contributed by atoms with Gasteiger partial charge in [-0.05, 0) is 25.0 Å². The second kappa shape index (κ2) is 8.95. The Balaban J connectivity index is 1.41. The number of rotatable bonds is 2. The number of aliphatic hydroxyl groups is 1. The van der Waals surface area contributed by atoms with Gasteiger partial charge in [-0.25, -0.2) is 13.4 Å². The number of hydrogen-bond donors (Lipinski definition) is 2. The van der Waals surface area contributed by atoms with E-state index >= 15 is 0 Å². The number of amides is 1. The van der Waals surface area contributed by atoms with E-state index in [0.29, 0.717) is 13.0 Å². The van der Waals surface area contributed by atoms with Crippen molar-refractivity contribution in [2.75, 3.05) is 26.2 Å². The molecule has 1 spiro atoms. The maximum absolute atomic E-state index is 13.4. The van der Waals surface area contributed by atoms with Gasteiger partial charge in [0.25, 0.3) is 0 Å². The van der Waals surface area contributed by atoms with Gasteiger partial charge >= 0.3 is 0 Å². The van der Waals surface area contributed by atoms with E-state index in [-0.39, 0.29) is 29.5 Å². The van der Waals surface area contributed by atoms with Gasteiger partial charge in [-0.2, -0.15) is 4.31 Å². The number of ether oxygens (including phenoxy) is 1. The van der Waals surface area contributed by atoms with E-state index < -0.39 is 27.7 Å². The number of carbonyl (C=O) groups is 1. The molecule has 3 aliphatic rings. The summed E-state index contributed by atoms with van der Waals surface area (Å²) in [5.74, 6) is -0.0637. The number of thiazole rings is 1. The first-order valence-electron chi connectivity index (χ1n) is 11.2. The molecule has 33 heavy (non-hydrogen) atoms. The third-order valence-electron chi connectivity index (χ3n) is 6.85. The molecular weight excluding hydrogens is 464 g/mol. The second-order valence-corrected chi connectivity index (χ2v) is 11.8. The number of hydrogen-bond acceptors (Lipinski definition) is 8. The number of aliphatic hydroxyl groups excluding tert-OH is 1. The van der Waals surface area contributed by atoms with Gasteiger partial charge in [-0.1, -0.05) is 12.1 Å². The number of carbonyl (C=O) groups excluding carboxylic acids is 1. The van der Waals surface area contributed by atoms with Crippen molar-refractivity contribution in [2.24, 2.45) is 0 Å². The fraction of sp³-hybridized carbons (Fsp3) is 0.545. The first-order valence-corrected chi connectivity index (χ1v) is 13.5. The minimum absolute atomic E-state index is 0.0334. The van der Waals surface area contributed by atoms with E-state index in [9.17, 15) is 18.3 Å². The molecular formula is C22H28N4O5S2. The molecule has 0 aliphatic carbocycles. The van der Waals surface area contributed by atoms with Crippen LogP contribution in [-0.2, 0) is 21.4 Å². The van der Waals surface area contributed by atoms with Crippen LogP contribution < -0.4 is 10.1 Å². The van der Waals surface area contributed by atoms with Crippen molar-refractivity contribution in [1.82, 2.24) is 19.5 Å². The Morgan fingerprint density at radius 1 is 1.24 bits per heavy atom. The van der Waals surface area contributed by atoms with E-state index in [2.05, 4.69) is 15.2 Å². The van der Waals surface area contributed by atoms with Crippen LogP contribution in [0.5, 0.6) is 5.75 Å². The Morgan fingerprint density at radius 3 is 2.79 bits per heavy atom. The van der Waals surface area contributed by atoms with Crippen LogP contribution in [0.4, 0.5) is 0 Å². The Hall–Kier alpha value is -2.05. The number of nitrogens with one attached hydrogen (secondary N) is 1. The zero-order valence-corrected chi connectivity index (χ0v) is 19.9. The standard InChI is InChI=1S/C22H28N4O5S2/c27-16-13-17-21(28)24-22(5-9-25(10-6-22)15-20-23-8-12-32-20)7-11-31-18-3-1-2-4-19(18)33(29,30)26(17)14-16/h1-4,8,12,16-17,27H,5-7,9-11,13-15H2,(H,24,28)/t16-,17+/m1/s1. The van der Waals surface area contributed by atoms with Crippen LogP contribution in [0.1, 0.15) is 30.7 Å². The highest BCUT2D eigenvalue weighted by Crippen LogP contribution is 2.35. The minimum Gasteiger partial charge on any atom is -0.492 e. The summed E-state index contributed by atoms with van der Waals surface area (Å²) in [5, 5.41) is 16.5. The summed E-state index contributed by atoms with van der Waals surface area (Å²) in [6.07, 6.45) is 3.05. The highest BCUT2D eigenvalue weighted by Gasteiger charge is 2.47. The summed E-state index contributed by atoms with van der Waals surface area (Å²) in [6.45, 7) is 2.57. The number of sulfonamides is 1. The summed E-state index contributed by atoms with van der Waals surface area (Å²) in [6, 6.07) is 5.57. The highest BCUT2D eigenvalue weighted by atomic mass is 32.2. The van der Waals surface area contributed by atoms with Gasteiger partial charge in [0, 0.05) is 49.6 Å². The van der Waals surface area contributed by atoms with Gasteiger partial charge in [-0.3, -0.25) is 9.69 Å². The Kier molecular flexibility index (Phi) is 6.17. The zero-order valence-electron chi connectivity index (χ0n) is 18.2. The Labute approximate surface area is 197 Å². The van der Waals surface area contributed by atoms with Crippen molar-refractivity contribution in [3.63, 3.8) is 0 Å². The van der Waals surface area contributed by atoms with Gasteiger partial charge < -0.3 is 15.2 Å². The lowest BCUT2D eigenvalue weighted by molar-refractivity contribution is -0.127. The van der Waals surface area contributed by atoms with Crippen LogP contribution in [0, 0.1) is 0 Å². The van der Waals surface area contributed by atoms with Crippen molar-refractivity contribution in [2.45, 2.75) is 54.8 Å². The monoisotopic (exact) mass is 492 g/mol. The van der Waals surface area contributed by atoms with Crippen molar-refractivity contribution in [1.29, 1.82) is 0 Å². The lowest BCUT2D eigenvalue weighted by Crippen LogP contribution is -2.59. The topological polar surface area (TPSA) is 112 Å². The van der Waals surface area contributed by atoms with E-state index in [1.807, 2.05) is 5.38 Å². The van der Waals surface area contributed by atoms with Crippen LogP contribution in [0.2, 0.25) is 0 Å². The Morgan fingerprint density at radius 2 is 2.03 bits per heavy atom. The van der Waals surface area contributed by atoms with Crippen LogP contribution in [0.15, 0.2) is 40.7 Å². The number of aromatic nitrogens is 1. The van der Waals surface area contributed by atoms with Crippen LogP contribution in [0.25, 0.3) is 0 Å². The zero-order chi connectivity index (χ0) is 23.1. The molecule has 2 atom stereocenters. The van der Waals surface area contributed by atoms with Crippen LogP contribution in [0.3, 0.4) is 0 Å². The number of piperidine rings is 1. The summed E-state index contributed by atoms with van der Waals surface area (Å²) >= 11 is 1.63. The van der Waals surface area contributed by atoms with E-state index in [4.69, 9.17) is 4.74 Å². The summed E-state index contributed by atoms with van der Waals surface area (Å²) in [4.78, 5) is 20.1. The van der Waals surface area contributed by atoms with E-state index in [1.165, 1.54) is 6.07 Å². The highest BCUT2D eigenvalue weighted by molar-refractivity contribution is 7.89.